The Bertz CT molecular complexity index is 558. The fraction of sp³-hybridized carbons (Fsp3) is 0.571. The molecular weight excluding hydrogens is 296 g/mol. The van der Waals surface area contributed by atoms with Gasteiger partial charge in [-0.15, -0.1) is 0 Å². The van der Waals surface area contributed by atoms with Gasteiger partial charge in [0.25, 0.3) is 0 Å². The van der Waals surface area contributed by atoms with E-state index in [4.69, 9.17) is 4.84 Å². The minimum atomic E-state index is 0.488. The summed E-state index contributed by atoms with van der Waals surface area (Å²) < 4.78 is 0. The largest absolute Gasteiger partial charge is 0.396 e. The summed E-state index contributed by atoms with van der Waals surface area (Å²) in [7, 11) is 0. The second-order valence-electron chi connectivity index (χ2n) is 7.12. The highest BCUT2D eigenvalue weighted by Crippen LogP contribution is 2.28. The molecule has 1 aliphatic carbocycles. The maximum absolute atomic E-state index is 5.72. The van der Waals surface area contributed by atoms with Crippen molar-refractivity contribution in [3.05, 3.63) is 41.5 Å². The first kappa shape index (κ1) is 17.2. The standard InChI is InChI=1S/C21H30N2O/c1-17-8-7-11-19(16-18-9-3-2-4-10-18)21(17)23-24-15-13-20-12-5-6-14-22-20/h2-4,9-10,16-17,20,22H,5-8,11-15H2,1H3/b19-16+,23-21+/t17-,20+/m0/s1. The number of nitrogens with one attached hydrogen (secondary N) is 1. The quantitative estimate of drug-likeness (QED) is 0.623. The van der Waals surface area contributed by atoms with Gasteiger partial charge in [0.2, 0.25) is 0 Å². The Morgan fingerprint density at radius 1 is 1.17 bits per heavy atom. The van der Waals surface area contributed by atoms with Crippen molar-refractivity contribution in [1.82, 2.24) is 5.32 Å². The van der Waals surface area contributed by atoms with Gasteiger partial charge >= 0.3 is 0 Å². The summed E-state index contributed by atoms with van der Waals surface area (Å²) in [6.45, 7) is 4.13. The molecule has 0 spiro atoms. The molecule has 0 radical (unpaired) electrons. The average molecular weight is 326 g/mol. The highest BCUT2D eigenvalue weighted by atomic mass is 16.6. The van der Waals surface area contributed by atoms with Crippen molar-refractivity contribution in [2.45, 2.75) is 57.9 Å². The first-order valence-corrected chi connectivity index (χ1v) is 9.52. The minimum Gasteiger partial charge on any atom is -0.396 e. The highest BCUT2D eigenvalue weighted by molar-refractivity contribution is 6.05. The van der Waals surface area contributed by atoms with Crippen molar-refractivity contribution in [3.8, 4) is 0 Å². The lowest BCUT2D eigenvalue weighted by molar-refractivity contribution is 0.128. The average Bonchev–Trinajstić information content (AvgIpc) is 2.62. The van der Waals surface area contributed by atoms with Crippen LogP contribution in [0.25, 0.3) is 6.08 Å². The number of rotatable bonds is 5. The third-order valence-corrected chi connectivity index (χ3v) is 5.15. The van der Waals surface area contributed by atoms with E-state index in [-0.39, 0.29) is 0 Å². The van der Waals surface area contributed by atoms with Crippen molar-refractivity contribution < 1.29 is 4.84 Å². The van der Waals surface area contributed by atoms with Gasteiger partial charge in [0, 0.05) is 12.0 Å². The van der Waals surface area contributed by atoms with Crippen molar-refractivity contribution in [2.24, 2.45) is 11.1 Å². The van der Waals surface area contributed by atoms with Crippen molar-refractivity contribution >= 4 is 11.8 Å². The molecule has 2 fully saturated rings. The van der Waals surface area contributed by atoms with Crippen molar-refractivity contribution in [2.75, 3.05) is 13.2 Å². The molecule has 3 heteroatoms. The van der Waals surface area contributed by atoms with Gasteiger partial charge in [-0.3, -0.25) is 0 Å². The number of allylic oxidation sites excluding steroid dienone is 1. The van der Waals surface area contributed by atoms with Crippen LogP contribution < -0.4 is 5.32 Å². The molecule has 1 aromatic rings. The summed E-state index contributed by atoms with van der Waals surface area (Å²) in [5.41, 5.74) is 3.75. The van der Waals surface area contributed by atoms with E-state index in [9.17, 15) is 0 Å². The smallest absolute Gasteiger partial charge is 0.118 e. The number of piperidine rings is 1. The van der Waals surface area contributed by atoms with Gasteiger partial charge in [-0.05, 0) is 62.3 Å². The summed E-state index contributed by atoms with van der Waals surface area (Å²) in [6.07, 6.45) is 10.8. The molecule has 3 nitrogen and oxygen atoms in total. The lowest BCUT2D eigenvalue weighted by Crippen LogP contribution is -2.34. The van der Waals surface area contributed by atoms with Crippen LogP contribution in [0.15, 0.2) is 41.1 Å². The number of benzene rings is 1. The van der Waals surface area contributed by atoms with Crippen molar-refractivity contribution in [1.29, 1.82) is 0 Å². The molecule has 130 valence electrons. The Morgan fingerprint density at radius 2 is 2.04 bits per heavy atom. The number of hydrogen-bond donors (Lipinski definition) is 1. The molecule has 2 aliphatic rings. The summed E-state index contributed by atoms with van der Waals surface area (Å²) >= 11 is 0. The Kier molecular flexibility index (Phi) is 6.48. The normalized spacial score (nSPS) is 28.2. The molecule has 2 atom stereocenters. The van der Waals surface area contributed by atoms with Gasteiger partial charge in [0.05, 0.1) is 5.71 Å². The maximum Gasteiger partial charge on any atom is 0.118 e. The first-order valence-electron chi connectivity index (χ1n) is 9.52. The molecule has 1 aliphatic heterocycles. The van der Waals surface area contributed by atoms with E-state index in [2.05, 4.69) is 53.8 Å². The zero-order valence-electron chi connectivity index (χ0n) is 14.8. The molecular formula is C21H30N2O. The molecule has 0 aromatic heterocycles. The van der Waals surface area contributed by atoms with Crippen LogP contribution in [0.4, 0.5) is 0 Å². The second-order valence-corrected chi connectivity index (χ2v) is 7.12. The fourth-order valence-electron chi connectivity index (χ4n) is 3.71. The molecule has 1 saturated carbocycles. The second kappa shape index (κ2) is 9.03. The van der Waals surface area contributed by atoms with E-state index >= 15 is 0 Å². The lowest BCUT2D eigenvalue weighted by atomic mass is 9.84. The van der Waals surface area contributed by atoms with Gasteiger partial charge in [-0.25, -0.2) is 0 Å². The maximum atomic E-state index is 5.72. The number of oxime groups is 1. The zero-order chi connectivity index (χ0) is 16.6. The first-order chi connectivity index (χ1) is 11.8. The summed E-state index contributed by atoms with van der Waals surface area (Å²) in [4.78, 5) is 5.72. The van der Waals surface area contributed by atoms with Gasteiger partial charge in [0.1, 0.15) is 6.61 Å². The zero-order valence-corrected chi connectivity index (χ0v) is 14.8. The predicted molar refractivity (Wildman–Crippen MR) is 101 cm³/mol. The highest BCUT2D eigenvalue weighted by Gasteiger charge is 2.21. The van der Waals surface area contributed by atoms with Crippen LogP contribution in [0.3, 0.4) is 0 Å². The van der Waals surface area contributed by atoms with E-state index in [1.807, 2.05) is 0 Å². The number of nitrogens with zero attached hydrogens (tertiary/aromatic N) is 1. The summed E-state index contributed by atoms with van der Waals surface area (Å²) in [5.74, 6) is 0.488. The molecule has 1 aromatic carbocycles. The van der Waals surface area contributed by atoms with Gasteiger partial charge in [-0.1, -0.05) is 48.8 Å². The molecule has 1 heterocycles. The molecule has 0 bridgehead atoms. The topological polar surface area (TPSA) is 33.6 Å². The van der Waals surface area contributed by atoms with E-state index < -0.39 is 0 Å². The summed E-state index contributed by atoms with van der Waals surface area (Å²) in [6, 6.07) is 11.1. The monoisotopic (exact) mass is 326 g/mol. The van der Waals surface area contributed by atoms with Crippen molar-refractivity contribution in [3.63, 3.8) is 0 Å². The third-order valence-electron chi connectivity index (χ3n) is 5.15. The van der Waals surface area contributed by atoms with Crippen LogP contribution in [0, 0.1) is 5.92 Å². The molecule has 1 saturated heterocycles. The molecule has 1 N–H and O–H groups in total. The number of hydrogen-bond acceptors (Lipinski definition) is 3. The minimum absolute atomic E-state index is 0.488. The Labute approximate surface area is 146 Å². The van der Waals surface area contributed by atoms with Crippen LogP contribution in [-0.4, -0.2) is 24.9 Å². The van der Waals surface area contributed by atoms with Gasteiger partial charge < -0.3 is 10.2 Å². The SMILES string of the molecule is C[C@H]1CCCC(=C\c2ccccc2)/C1=N/OCC[C@H]1CCCCN1. The molecule has 24 heavy (non-hydrogen) atoms. The van der Waals surface area contributed by atoms with Crippen LogP contribution in [0.1, 0.15) is 57.4 Å². The van der Waals surface area contributed by atoms with Gasteiger partial charge in [-0.2, -0.15) is 0 Å². The van der Waals surface area contributed by atoms with E-state index in [1.54, 1.807) is 0 Å². The Balaban J connectivity index is 1.60. The van der Waals surface area contributed by atoms with E-state index in [0.717, 1.165) is 25.1 Å². The van der Waals surface area contributed by atoms with Crippen LogP contribution in [0.5, 0.6) is 0 Å². The van der Waals surface area contributed by atoms with E-state index in [0.29, 0.717) is 18.6 Å². The molecule has 0 amide bonds. The fourth-order valence-corrected chi connectivity index (χ4v) is 3.71. The molecule has 3 rings (SSSR count). The predicted octanol–water partition coefficient (Wildman–Crippen LogP) is 4.79. The van der Waals surface area contributed by atoms with Crippen LogP contribution in [0.2, 0.25) is 0 Å². The Hall–Kier alpha value is -1.61. The summed E-state index contributed by atoms with van der Waals surface area (Å²) in [5, 5.41) is 8.11. The van der Waals surface area contributed by atoms with Crippen LogP contribution in [-0.2, 0) is 4.84 Å². The molecule has 0 unspecified atom stereocenters. The third kappa shape index (κ3) is 4.94. The van der Waals surface area contributed by atoms with Crippen LogP contribution >= 0.6 is 0 Å². The van der Waals surface area contributed by atoms with Gasteiger partial charge in [0.15, 0.2) is 0 Å². The Morgan fingerprint density at radius 3 is 2.83 bits per heavy atom. The lowest BCUT2D eigenvalue weighted by Gasteiger charge is -2.24. The van der Waals surface area contributed by atoms with E-state index in [1.165, 1.54) is 43.2 Å².